The largest absolute Gasteiger partial charge is 0.333 e. The molecule has 2 rings (SSSR count). The van der Waals surface area contributed by atoms with E-state index in [2.05, 4.69) is 15.3 Å². The minimum Gasteiger partial charge on any atom is -0.330 e. The van der Waals surface area contributed by atoms with Gasteiger partial charge in [0.15, 0.2) is 0 Å². The summed E-state index contributed by atoms with van der Waals surface area (Å²) in [5.41, 5.74) is 6.90. The maximum absolute atomic E-state index is 5.52. The number of nitrogens with zero attached hydrogens (tertiary/aromatic N) is 1. The second-order valence-corrected chi connectivity index (χ2v) is 3.86. The Morgan fingerprint density at radius 3 is 3.42 bits per heavy atom. The molecule has 0 spiro atoms. The molecule has 12 heavy (non-hydrogen) atoms. The predicted octanol–water partition coefficient (Wildman–Crippen LogP) is 0.352. The number of fused-ring (bicyclic) bond motifs is 1. The van der Waals surface area contributed by atoms with E-state index in [0.717, 1.165) is 26.1 Å². The van der Waals surface area contributed by atoms with Gasteiger partial charge in [0.25, 0.3) is 0 Å². The van der Waals surface area contributed by atoms with Gasteiger partial charge in [-0.1, -0.05) is 11.3 Å². The molecule has 1 aliphatic heterocycles. The SMILES string of the molecule is NCCc1csc2[n+]1CCCN2. The first-order valence-corrected chi connectivity index (χ1v) is 5.24. The van der Waals surface area contributed by atoms with Gasteiger partial charge in [0, 0.05) is 18.2 Å². The quantitative estimate of drug-likeness (QED) is 0.651. The van der Waals surface area contributed by atoms with Crippen molar-refractivity contribution in [1.82, 2.24) is 0 Å². The highest BCUT2D eigenvalue weighted by molar-refractivity contribution is 7.13. The average Bonchev–Trinajstić information content (AvgIpc) is 2.50. The van der Waals surface area contributed by atoms with Gasteiger partial charge in [-0.05, 0) is 6.54 Å². The zero-order chi connectivity index (χ0) is 8.39. The van der Waals surface area contributed by atoms with Crippen LogP contribution in [0.4, 0.5) is 5.13 Å². The molecule has 0 saturated carbocycles. The fraction of sp³-hybridized carbons (Fsp3) is 0.625. The van der Waals surface area contributed by atoms with Gasteiger partial charge >= 0.3 is 5.13 Å². The van der Waals surface area contributed by atoms with Crippen molar-refractivity contribution in [1.29, 1.82) is 0 Å². The molecule has 0 fully saturated rings. The number of aromatic nitrogens is 1. The molecule has 66 valence electrons. The number of thiazole rings is 1. The van der Waals surface area contributed by atoms with Gasteiger partial charge in [-0.15, -0.1) is 0 Å². The highest BCUT2D eigenvalue weighted by Crippen LogP contribution is 2.16. The molecule has 4 heteroatoms. The molecule has 1 aromatic heterocycles. The van der Waals surface area contributed by atoms with Crippen molar-refractivity contribution in [2.45, 2.75) is 19.4 Å². The lowest BCUT2D eigenvalue weighted by Gasteiger charge is -2.09. The monoisotopic (exact) mass is 184 g/mol. The first kappa shape index (κ1) is 8.01. The van der Waals surface area contributed by atoms with Gasteiger partial charge < -0.3 is 5.73 Å². The van der Waals surface area contributed by atoms with Crippen LogP contribution in [-0.4, -0.2) is 13.1 Å². The first-order chi connectivity index (χ1) is 5.92. The van der Waals surface area contributed by atoms with E-state index in [1.165, 1.54) is 17.2 Å². The van der Waals surface area contributed by atoms with Crippen LogP contribution in [0.2, 0.25) is 0 Å². The molecule has 0 unspecified atom stereocenters. The minimum atomic E-state index is 0.746. The zero-order valence-electron chi connectivity index (χ0n) is 7.05. The Morgan fingerprint density at radius 1 is 1.67 bits per heavy atom. The lowest BCUT2D eigenvalue weighted by molar-refractivity contribution is -0.689. The third kappa shape index (κ3) is 1.32. The lowest BCUT2D eigenvalue weighted by atomic mass is 10.3. The molecule has 3 nitrogen and oxygen atoms in total. The van der Waals surface area contributed by atoms with Crippen LogP contribution in [0.1, 0.15) is 12.1 Å². The summed E-state index contributed by atoms with van der Waals surface area (Å²) in [5, 5.41) is 6.89. The maximum Gasteiger partial charge on any atom is 0.333 e. The maximum atomic E-state index is 5.52. The molecular weight excluding hydrogens is 170 g/mol. The van der Waals surface area contributed by atoms with E-state index in [0.29, 0.717) is 0 Å². The number of hydrogen-bond donors (Lipinski definition) is 2. The van der Waals surface area contributed by atoms with Crippen molar-refractivity contribution in [2.24, 2.45) is 5.73 Å². The first-order valence-electron chi connectivity index (χ1n) is 4.36. The number of hydrogen-bond acceptors (Lipinski definition) is 3. The Kier molecular flexibility index (Phi) is 2.28. The van der Waals surface area contributed by atoms with Crippen LogP contribution >= 0.6 is 11.3 Å². The summed E-state index contributed by atoms with van der Waals surface area (Å²) in [6, 6.07) is 0. The van der Waals surface area contributed by atoms with E-state index in [4.69, 9.17) is 5.73 Å². The van der Waals surface area contributed by atoms with E-state index in [1.807, 2.05) is 0 Å². The van der Waals surface area contributed by atoms with E-state index in [-0.39, 0.29) is 0 Å². The topological polar surface area (TPSA) is 41.9 Å². The van der Waals surface area contributed by atoms with Gasteiger partial charge in [-0.3, -0.25) is 5.32 Å². The minimum absolute atomic E-state index is 0.746. The summed E-state index contributed by atoms with van der Waals surface area (Å²) in [5.74, 6) is 0. The fourth-order valence-corrected chi connectivity index (χ4v) is 2.55. The van der Waals surface area contributed by atoms with Crippen LogP contribution in [0.25, 0.3) is 0 Å². The molecule has 2 heterocycles. The van der Waals surface area contributed by atoms with Crippen molar-refractivity contribution < 1.29 is 4.57 Å². The second kappa shape index (κ2) is 3.41. The molecule has 0 radical (unpaired) electrons. The van der Waals surface area contributed by atoms with Crippen molar-refractivity contribution in [2.75, 3.05) is 18.4 Å². The number of nitrogens with one attached hydrogen (secondary N) is 1. The van der Waals surface area contributed by atoms with Gasteiger partial charge in [0.1, 0.15) is 5.69 Å². The van der Waals surface area contributed by atoms with Crippen molar-refractivity contribution in [3.8, 4) is 0 Å². The second-order valence-electron chi connectivity index (χ2n) is 3.00. The molecule has 0 atom stereocenters. The number of rotatable bonds is 2. The Morgan fingerprint density at radius 2 is 2.58 bits per heavy atom. The molecule has 1 aromatic rings. The van der Waals surface area contributed by atoms with E-state index < -0.39 is 0 Å². The Labute approximate surface area is 76.2 Å². The molecule has 1 aliphatic rings. The number of nitrogens with two attached hydrogens (primary N) is 1. The normalized spacial score (nSPS) is 15.4. The standard InChI is InChI=1S/C8H13N3S/c9-3-2-7-6-12-8-10-4-1-5-11(7)8/h6H,1-5,9H2/p+1. The van der Waals surface area contributed by atoms with Crippen molar-refractivity contribution in [3.05, 3.63) is 11.1 Å². The van der Waals surface area contributed by atoms with Crippen LogP contribution < -0.4 is 15.6 Å². The highest BCUT2D eigenvalue weighted by Gasteiger charge is 2.20. The molecular formula is C8H14N3S+. The van der Waals surface area contributed by atoms with E-state index >= 15 is 0 Å². The molecule has 0 saturated heterocycles. The molecule has 0 aromatic carbocycles. The Balaban J connectivity index is 2.25. The van der Waals surface area contributed by atoms with Gasteiger partial charge in [0.05, 0.1) is 13.1 Å². The highest BCUT2D eigenvalue weighted by atomic mass is 32.1. The fourth-order valence-electron chi connectivity index (χ4n) is 1.54. The summed E-state index contributed by atoms with van der Waals surface area (Å²) in [6.45, 7) is 3.01. The van der Waals surface area contributed by atoms with Crippen LogP contribution in [-0.2, 0) is 13.0 Å². The molecule has 3 N–H and O–H groups in total. The summed E-state index contributed by atoms with van der Waals surface area (Å²) in [4.78, 5) is 0. The van der Waals surface area contributed by atoms with Gasteiger partial charge in [-0.25, -0.2) is 4.57 Å². The van der Waals surface area contributed by atoms with Gasteiger partial charge in [-0.2, -0.15) is 0 Å². The Bertz CT molecular complexity index is 269. The lowest BCUT2D eigenvalue weighted by Crippen LogP contribution is -2.43. The summed E-state index contributed by atoms with van der Waals surface area (Å²) < 4.78 is 2.35. The molecule has 0 amide bonds. The summed E-state index contributed by atoms with van der Waals surface area (Å²) >= 11 is 1.79. The van der Waals surface area contributed by atoms with E-state index in [9.17, 15) is 0 Å². The van der Waals surface area contributed by atoms with Gasteiger partial charge in [0.2, 0.25) is 0 Å². The predicted molar refractivity (Wildman–Crippen MR) is 50.4 cm³/mol. The van der Waals surface area contributed by atoms with Crippen molar-refractivity contribution in [3.63, 3.8) is 0 Å². The van der Waals surface area contributed by atoms with Crippen LogP contribution in [0.15, 0.2) is 5.38 Å². The summed E-state index contributed by atoms with van der Waals surface area (Å²) in [6.07, 6.45) is 2.23. The van der Waals surface area contributed by atoms with Crippen LogP contribution in [0.3, 0.4) is 0 Å². The molecule has 0 bridgehead atoms. The Hall–Kier alpha value is -0.610. The third-order valence-electron chi connectivity index (χ3n) is 2.13. The number of anilines is 1. The smallest absolute Gasteiger partial charge is 0.330 e. The average molecular weight is 184 g/mol. The third-order valence-corrected chi connectivity index (χ3v) is 3.11. The molecule has 0 aliphatic carbocycles. The zero-order valence-corrected chi connectivity index (χ0v) is 7.86. The van der Waals surface area contributed by atoms with E-state index in [1.54, 1.807) is 11.3 Å². The summed E-state index contributed by atoms with van der Waals surface area (Å²) in [7, 11) is 0. The van der Waals surface area contributed by atoms with Crippen LogP contribution in [0, 0.1) is 0 Å². The van der Waals surface area contributed by atoms with Crippen molar-refractivity contribution >= 4 is 16.5 Å². The van der Waals surface area contributed by atoms with Crippen LogP contribution in [0.5, 0.6) is 0 Å².